The number of nitrogens with two attached hydrogens (primary N) is 1. The van der Waals surface area contributed by atoms with Crippen LogP contribution in [0.15, 0.2) is 110 Å². The third kappa shape index (κ3) is 5.20. The lowest BCUT2D eigenvalue weighted by Gasteiger charge is -2.38. The molecule has 4 aromatic rings. The Morgan fingerprint density at radius 2 is 1.41 bits per heavy atom. The predicted octanol–water partition coefficient (Wildman–Crippen LogP) is 3.53. The molecule has 0 spiro atoms. The number of hydrogen-bond acceptors (Lipinski definition) is 5. The SMILES string of the molecule is N[C@H](CCc1ccccc1)C(=O)N[C@H](c1ccccc1)C(O)(c1cccnc1)c1cccnc1. The Hall–Kier alpha value is -3.87. The van der Waals surface area contributed by atoms with Gasteiger partial charge in [0.2, 0.25) is 5.91 Å². The van der Waals surface area contributed by atoms with Crippen molar-refractivity contribution in [3.63, 3.8) is 0 Å². The quantitative estimate of drug-likeness (QED) is 0.361. The molecule has 2 atom stereocenters. The van der Waals surface area contributed by atoms with Gasteiger partial charge >= 0.3 is 0 Å². The summed E-state index contributed by atoms with van der Waals surface area (Å²) in [5, 5.41) is 15.3. The fraction of sp³-hybridized carbons (Fsp3) is 0.179. The van der Waals surface area contributed by atoms with E-state index in [1.807, 2.05) is 60.7 Å². The van der Waals surface area contributed by atoms with Gasteiger partial charge in [0, 0.05) is 35.9 Å². The molecule has 0 saturated carbocycles. The van der Waals surface area contributed by atoms with Gasteiger partial charge in [0.15, 0.2) is 0 Å². The summed E-state index contributed by atoms with van der Waals surface area (Å²) in [5.41, 5.74) is 7.60. The molecule has 4 rings (SSSR count). The summed E-state index contributed by atoms with van der Waals surface area (Å²) in [6.45, 7) is 0. The number of carbonyl (C=O) groups excluding carboxylic acids is 1. The molecule has 0 radical (unpaired) electrons. The van der Waals surface area contributed by atoms with Crippen LogP contribution in [0.5, 0.6) is 0 Å². The summed E-state index contributed by atoms with van der Waals surface area (Å²) >= 11 is 0. The lowest BCUT2D eigenvalue weighted by atomic mass is 9.78. The smallest absolute Gasteiger partial charge is 0.237 e. The Kier molecular flexibility index (Phi) is 7.42. The molecule has 0 aliphatic carbocycles. The molecule has 2 aromatic heterocycles. The maximum Gasteiger partial charge on any atom is 0.237 e. The van der Waals surface area contributed by atoms with E-state index in [2.05, 4.69) is 15.3 Å². The van der Waals surface area contributed by atoms with Gasteiger partial charge in [0.05, 0.1) is 12.1 Å². The molecule has 172 valence electrons. The maximum atomic E-state index is 13.3. The van der Waals surface area contributed by atoms with Crippen molar-refractivity contribution < 1.29 is 9.90 Å². The topological polar surface area (TPSA) is 101 Å². The Balaban J connectivity index is 1.68. The lowest BCUT2D eigenvalue weighted by Crippen LogP contribution is -2.50. The first-order valence-electron chi connectivity index (χ1n) is 11.3. The summed E-state index contributed by atoms with van der Waals surface area (Å²) in [5.74, 6) is -0.337. The number of aromatic nitrogens is 2. The van der Waals surface area contributed by atoms with Crippen molar-refractivity contribution in [2.45, 2.75) is 30.5 Å². The Morgan fingerprint density at radius 3 is 1.94 bits per heavy atom. The van der Waals surface area contributed by atoms with Gasteiger partial charge in [-0.2, -0.15) is 0 Å². The van der Waals surface area contributed by atoms with Gasteiger partial charge in [-0.15, -0.1) is 0 Å². The van der Waals surface area contributed by atoms with Crippen LogP contribution in [0, 0.1) is 0 Å². The van der Waals surface area contributed by atoms with E-state index in [0.717, 1.165) is 11.1 Å². The van der Waals surface area contributed by atoms with E-state index in [4.69, 9.17) is 5.73 Å². The second kappa shape index (κ2) is 10.8. The first-order valence-corrected chi connectivity index (χ1v) is 11.3. The summed E-state index contributed by atoms with van der Waals surface area (Å²) in [7, 11) is 0. The van der Waals surface area contributed by atoms with Gasteiger partial charge in [0.1, 0.15) is 5.60 Å². The van der Waals surface area contributed by atoms with Crippen LogP contribution in [0.2, 0.25) is 0 Å². The van der Waals surface area contributed by atoms with Gasteiger partial charge in [-0.05, 0) is 36.1 Å². The first kappa shape index (κ1) is 23.3. The van der Waals surface area contributed by atoms with Gasteiger partial charge < -0.3 is 16.2 Å². The van der Waals surface area contributed by atoms with Crippen LogP contribution in [-0.2, 0) is 16.8 Å². The Morgan fingerprint density at radius 1 is 0.853 bits per heavy atom. The van der Waals surface area contributed by atoms with Crippen LogP contribution < -0.4 is 11.1 Å². The van der Waals surface area contributed by atoms with E-state index < -0.39 is 17.7 Å². The molecule has 4 N–H and O–H groups in total. The molecular weight excluding hydrogens is 424 g/mol. The van der Waals surface area contributed by atoms with Crippen molar-refractivity contribution in [2.24, 2.45) is 5.73 Å². The molecule has 34 heavy (non-hydrogen) atoms. The van der Waals surface area contributed by atoms with Gasteiger partial charge in [-0.25, -0.2) is 0 Å². The number of hydrogen-bond donors (Lipinski definition) is 3. The zero-order valence-electron chi connectivity index (χ0n) is 18.8. The van der Waals surface area contributed by atoms with E-state index >= 15 is 0 Å². The number of nitrogens with one attached hydrogen (secondary N) is 1. The van der Waals surface area contributed by atoms with Crippen molar-refractivity contribution in [2.75, 3.05) is 0 Å². The molecule has 2 heterocycles. The fourth-order valence-corrected chi connectivity index (χ4v) is 4.10. The number of carbonyl (C=O) groups is 1. The van der Waals surface area contributed by atoms with Gasteiger partial charge in [-0.1, -0.05) is 72.8 Å². The summed E-state index contributed by atoms with van der Waals surface area (Å²) in [6, 6.07) is 24.8. The molecule has 0 aliphatic rings. The van der Waals surface area contributed by atoms with Crippen molar-refractivity contribution in [1.82, 2.24) is 15.3 Å². The Bertz CT molecular complexity index is 1130. The normalized spacial score (nSPS) is 13.1. The van der Waals surface area contributed by atoms with Crippen LogP contribution in [0.25, 0.3) is 0 Å². The lowest BCUT2D eigenvalue weighted by molar-refractivity contribution is -0.125. The highest BCUT2D eigenvalue weighted by molar-refractivity contribution is 5.82. The zero-order valence-corrected chi connectivity index (χ0v) is 18.8. The summed E-state index contributed by atoms with van der Waals surface area (Å²) < 4.78 is 0. The van der Waals surface area contributed by atoms with Crippen LogP contribution in [0.4, 0.5) is 0 Å². The number of pyridine rings is 2. The second-order valence-electron chi connectivity index (χ2n) is 8.23. The predicted molar refractivity (Wildman–Crippen MR) is 132 cm³/mol. The number of nitrogens with zero attached hydrogens (tertiary/aromatic N) is 2. The number of rotatable bonds is 9. The van der Waals surface area contributed by atoms with E-state index in [-0.39, 0.29) is 5.91 Å². The van der Waals surface area contributed by atoms with E-state index in [1.54, 1.807) is 49.1 Å². The van der Waals surface area contributed by atoms with Gasteiger partial charge in [-0.3, -0.25) is 14.8 Å². The van der Waals surface area contributed by atoms with Crippen molar-refractivity contribution in [3.05, 3.63) is 132 Å². The second-order valence-corrected chi connectivity index (χ2v) is 8.23. The average molecular weight is 453 g/mol. The molecular formula is C28H28N4O2. The monoisotopic (exact) mass is 452 g/mol. The van der Waals surface area contributed by atoms with E-state index in [9.17, 15) is 9.90 Å². The maximum absolute atomic E-state index is 13.3. The van der Waals surface area contributed by atoms with E-state index in [0.29, 0.717) is 24.0 Å². The molecule has 0 saturated heterocycles. The minimum absolute atomic E-state index is 0.337. The number of aryl methyl sites for hydroxylation is 1. The average Bonchev–Trinajstić information content (AvgIpc) is 2.92. The minimum atomic E-state index is -1.63. The highest BCUT2D eigenvalue weighted by Crippen LogP contribution is 2.40. The fourth-order valence-electron chi connectivity index (χ4n) is 4.10. The number of amides is 1. The van der Waals surface area contributed by atoms with Crippen molar-refractivity contribution in [1.29, 1.82) is 0 Å². The van der Waals surface area contributed by atoms with Crippen LogP contribution in [-0.4, -0.2) is 27.0 Å². The molecule has 2 aromatic carbocycles. The largest absolute Gasteiger partial charge is 0.378 e. The zero-order chi connectivity index (χ0) is 23.8. The number of benzene rings is 2. The third-order valence-electron chi connectivity index (χ3n) is 5.96. The molecule has 0 aliphatic heterocycles. The van der Waals surface area contributed by atoms with Crippen LogP contribution >= 0.6 is 0 Å². The summed E-state index contributed by atoms with van der Waals surface area (Å²) in [6.07, 6.45) is 7.65. The van der Waals surface area contributed by atoms with Crippen molar-refractivity contribution in [3.8, 4) is 0 Å². The first-order chi connectivity index (χ1) is 16.6. The van der Waals surface area contributed by atoms with Gasteiger partial charge in [0.25, 0.3) is 0 Å². The standard InChI is InChI=1S/C28H28N4O2/c29-25(16-15-21-9-3-1-4-10-21)27(33)32-26(22-11-5-2-6-12-22)28(34,23-13-7-17-30-19-23)24-14-8-18-31-20-24/h1-14,17-20,25-26,34H,15-16,29H2,(H,32,33)/t25-,26-/m1/s1. The minimum Gasteiger partial charge on any atom is -0.378 e. The molecule has 0 unspecified atom stereocenters. The molecule has 0 bridgehead atoms. The Labute approximate surface area is 199 Å². The molecule has 6 nitrogen and oxygen atoms in total. The highest BCUT2D eigenvalue weighted by Gasteiger charge is 2.43. The highest BCUT2D eigenvalue weighted by atomic mass is 16.3. The van der Waals surface area contributed by atoms with Crippen molar-refractivity contribution >= 4 is 5.91 Å². The molecule has 0 fully saturated rings. The van der Waals surface area contributed by atoms with Crippen LogP contribution in [0.1, 0.15) is 34.7 Å². The van der Waals surface area contributed by atoms with E-state index in [1.165, 1.54) is 0 Å². The number of aliphatic hydroxyl groups is 1. The molecule has 1 amide bonds. The molecule has 6 heteroatoms. The third-order valence-corrected chi connectivity index (χ3v) is 5.96. The summed E-state index contributed by atoms with van der Waals surface area (Å²) in [4.78, 5) is 21.7. The van der Waals surface area contributed by atoms with Crippen LogP contribution in [0.3, 0.4) is 0 Å².